The molecule has 2 heterocycles. The number of hydrogen-bond acceptors (Lipinski definition) is 4. The van der Waals surface area contributed by atoms with Gasteiger partial charge in [-0.1, -0.05) is 12.8 Å². The Balaban J connectivity index is 1.62. The van der Waals surface area contributed by atoms with Crippen LogP contribution in [0.15, 0.2) is 0 Å². The zero-order valence-corrected chi connectivity index (χ0v) is 12.4. The van der Waals surface area contributed by atoms with Crippen molar-refractivity contribution in [3.05, 3.63) is 0 Å². The van der Waals surface area contributed by atoms with E-state index in [-0.39, 0.29) is 6.04 Å². The van der Waals surface area contributed by atoms with Gasteiger partial charge in [0.25, 0.3) is 0 Å². The van der Waals surface area contributed by atoms with Crippen LogP contribution in [0.5, 0.6) is 0 Å². The van der Waals surface area contributed by atoms with Crippen LogP contribution in [0.2, 0.25) is 0 Å². The maximum absolute atomic E-state index is 11.2. The van der Waals surface area contributed by atoms with E-state index in [0.29, 0.717) is 0 Å². The summed E-state index contributed by atoms with van der Waals surface area (Å²) in [6.07, 6.45) is 6.05. The SMILES string of the molecule is O=C(O)C1CSCCN1CCCCC1CCOCC1. The van der Waals surface area contributed by atoms with Crippen LogP contribution in [0.4, 0.5) is 0 Å². The summed E-state index contributed by atoms with van der Waals surface area (Å²) in [5.41, 5.74) is 0. The van der Waals surface area contributed by atoms with Crippen molar-refractivity contribution in [1.29, 1.82) is 0 Å². The molecule has 0 amide bonds. The van der Waals surface area contributed by atoms with Crippen molar-refractivity contribution in [3.8, 4) is 0 Å². The zero-order chi connectivity index (χ0) is 13.5. The van der Waals surface area contributed by atoms with E-state index in [1.165, 1.54) is 25.7 Å². The Morgan fingerprint density at radius 3 is 2.84 bits per heavy atom. The largest absolute Gasteiger partial charge is 0.480 e. The van der Waals surface area contributed by atoms with Gasteiger partial charge in [-0.05, 0) is 31.7 Å². The summed E-state index contributed by atoms with van der Waals surface area (Å²) < 4.78 is 5.37. The first-order chi connectivity index (χ1) is 9.27. The molecule has 0 aromatic carbocycles. The molecular formula is C14H25NO3S. The van der Waals surface area contributed by atoms with Gasteiger partial charge in [0.15, 0.2) is 0 Å². The number of nitrogens with zero attached hydrogens (tertiary/aromatic N) is 1. The second-order valence-corrected chi connectivity index (χ2v) is 6.67. The van der Waals surface area contributed by atoms with E-state index in [2.05, 4.69) is 4.90 Å². The summed E-state index contributed by atoms with van der Waals surface area (Å²) in [5, 5.41) is 9.20. The molecule has 2 aliphatic rings. The van der Waals surface area contributed by atoms with Gasteiger partial charge in [-0.25, -0.2) is 0 Å². The number of thioether (sulfide) groups is 1. The number of rotatable bonds is 6. The van der Waals surface area contributed by atoms with E-state index >= 15 is 0 Å². The fourth-order valence-electron chi connectivity index (χ4n) is 2.92. The predicted molar refractivity (Wildman–Crippen MR) is 77.7 cm³/mol. The minimum atomic E-state index is -0.656. The molecule has 2 saturated heterocycles. The molecule has 0 aromatic heterocycles. The van der Waals surface area contributed by atoms with Gasteiger partial charge in [0.05, 0.1) is 0 Å². The molecule has 1 unspecified atom stereocenters. The lowest BCUT2D eigenvalue weighted by atomic mass is 9.94. The van der Waals surface area contributed by atoms with E-state index in [4.69, 9.17) is 4.74 Å². The minimum absolute atomic E-state index is 0.262. The molecule has 2 aliphatic heterocycles. The van der Waals surface area contributed by atoms with Crippen molar-refractivity contribution < 1.29 is 14.6 Å². The van der Waals surface area contributed by atoms with Gasteiger partial charge in [0, 0.05) is 31.3 Å². The van der Waals surface area contributed by atoms with Crippen molar-refractivity contribution in [1.82, 2.24) is 4.90 Å². The third kappa shape index (κ3) is 4.97. The molecule has 0 radical (unpaired) electrons. The number of unbranched alkanes of at least 4 members (excludes halogenated alkanes) is 1. The fraction of sp³-hybridized carbons (Fsp3) is 0.929. The number of carboxylic acid groups (broad SMARTS) is 1. The first kappa shape index (κ1) is 15.1. The Hall–Kier alpha value is -0.260. The Kier molecular flexibility index (Phi) is 6.47. The smallest absolute Gasteiger partial charge is 0.321 e. The van der Waals surface area contributed by atoms with Crippen molar-refractivity contribution in [2.75, 3.05) is 37.8 Å². The molecule has 5 heteroatoms. The Morgan fingerprint density at radius 2 is 2.11 bits per heavy atom. The van der Waals surface area contributed by atoms with Crippen LogP contribution in [-0.2, 0) is 9.53 Å². The van der Waals surface area contributed by atoms with Gasteiger partial charge in [0.2, 0.25) is 0 Å². The van der Waals surface area contributed by atoms with Crippen LogP contribution < -0.4 is 0 Å². The molecule has 0 bridgehead atoms. The number of carbonyl (C=O) groups is 1. The molecule has 1 N–H and O–H groups in total. The van der Waals surface area contributed by atoms with Crippen LogP contribution in [0.1, 0.15) is 32.1 Å². The summed E-state index contributed by atoms with van der Waals surface area (Å²) in [6, 6.07) is -0.262. The first-order valence-electron chi connectivity index (χ1n) is 7.39. The standard InChI is InChI=1S/C14H25NO3S/c16-14(17)13-11-19-10-7-15(13)6-2-1-3-12-4-8-18-9-5-12/h12-13H,1-11H2,(H,16,17). The molecule has 19 heavy (non-hydrogen) atoms. The molecule has 2 rings (SSSR count). The lowest BCUT2D eigenvalue weighted by Gasteiger charge is -2.32. The quantitative estimate of drug-likeness (QED) is 0.758. The van der Waals surface area contributed by atoms with E-state index in [9.17, 15) is 9.90 Å². The summed E-state index contributed by atoms with van der Waals surface area (Å²) >= 11 is 1.76. The van der Waals surface area contributed by atoms with Crippen LogP contribution in [0, 0.1) is 5.92 Å². The molecule has 4 nitrogen and oxygen atoms in total. The summed E-state index contributed by atoms with van der Waals surface area (Å²) in [5.74, 6) is 2.00. The fourth-order valence-corrected chi connectivity index (χ4v) is 4.02. The second kappa shape index (κ2) is 8.12. The molecule has 0 spiro atoms. The Labute approximate surface area is 119 Å². The van der Waals surface area contributed by atoms with E-state index in [1.54, 1.807) is 11.8 Å². The summed E-state index contributed by atoms with van der Waals surface area (Å²) in [6.45, 7) is 3.73. The normalized spacial score (nSPS) is 26.4. The van der Waals surface area contributed by atoms with Gasteiger partial charge in [0.1, 0.15) is 6.04 Å². The van der Waals surface area contributed by atoms with Gasteiger partial charge < -0.3 is 9.84 Å². The Morgan fingerprint density at radius 1 is 1.32 bits per heavy atom. The highest BCUT2D eigenvalue weighted by atomic mass is 32.2. The monoisotopic (exact) mass is 287 g/mol. The van der Waals surface area contributed by atoms with Crippen molar-refractivity contribution in [2.24, 2.45) is 5.92 Å². The molecule has 110 valence electrons. The highest BCUT2D eigenvalue weighted by molar-refractivity contribution is 7.99. The van der Waals surface area contributed by atoms with Gasteiger partial charge >= 0.3 is 5.97 Å². The number of ether oxygens (including phenoxy) is 1. The van der Waals surface area contributed by atoms with Crippen LogP contribution in [-0.4, -0.2) is 59.8 Å². The van der Waals surface area contributed by atoms with E-state index in [1.807, 2.05) is 0 Å². The average molecular weight is 287 g/mol. The van der Waals surface area contributed by atoms with Crippen molar-refractivity contribution in [2.45, 2.75) is 38.1 Å². The molecular weight excluding hydrogens is 262 g/mol. The number of carboxylic acids is 1. The van der Waals surface area contributed by atoms with Gasteiger partial charge in [-0.2, -0.15) is 11.8 Å². The van der Waals surface area contributed by atoms with Crippen LogP contribution >= 0.6 is 11.8 Å². The third-order valence-electron chi connectivity index (χ3n) is 4.17. The van der Waals surface area contributed by atoms with Crippen molar-refractivity contribution in [3.63, 3.8) is 0 Å². The predicted octanol–water partition coefficient (Wildman–Crippen LogP) is 2.09. The first-order valence-corrected chi connectivity index (χ1v) is 8.55. The topological polar surface area (TPSA) is 49.8 Å². The number of aliphatic carboxylic acids is 1. The lowest BCUT2D eigenvalue weighted by Crippen LogP contribution is -2.47. The molecule has 2 fully saturated rings. The number of hydrogen-bond donors (Lipinski definition) is 1. The van der Waals surface area contributed by atoms with E-state index < -0.39 is 5.97 Å². The minimum Gasteiger partial charge on any atom is -0.480 e. The van der Waals surface area contributed by atoms with Crippen LogP contribution in [0.25, 0.3) is 0 Å². The maximum atomic E-state index is 11.2. The maximum Gasteiger partial charge on any atom is 0.321 e. The molecule has 1 atom stereocenters. The highest BCUT2D eigenvalue weighted by Crippen LogP contribution is 2.22. The summed E-state index contributed by atoms with van der Waals surface area (Å²) in [7, 11) is 0. The molecule has 0 aromatic rings. The zero-order valence-electron chi connectivity index (χ0n) is 11.6. The van der Waals surface area contributed by atoms with Crippen molar-refractivity contribution >= 4 is 17.7 Å². The summed E-state index contributed by atoms with van der Waals surface area (Å²) in [4.78, 5) is 13.3. The third-order valence-corrected chi connectivity index (χ3v) is 5.20. The molecule has 0 saturated carbocycles. The highest BCUT2D eigenvalue weighted by Gasteiger charge is 2.28. The van der Waals surface area contributed by atoms with Gasteiger partial charge in [-0.15, -0.1) is 0 Å². The molecule has 0 aliphatic carbocycles. The second-order valence-electron chi connectivity index (χ2n) is 5.52. The lowest BCUT2D eigenvalue weighted by molar-refractivity contribution is -0.142. The Bertz CT molecular complexity index is 282. The van der Waals surface area contributed by atoms with E-state index in [0.717, 1.165) is 50.1 Å². The van der Waals surface area contributed by atoms with Crippen LogP contribution in [0.3, 0.4) is 0 Å². The average Bonchev–Trinajstić information content (AvgIpc) is 2.45. The van der Waals surface area contributed by atoms with Gasteiger partial charge in [-0.3, -0.25) is 9.69 Å².